The quantitative estimate of drug-likeness (QED) is 0.608. The summed E-state index contributed by atoms with van der Waals surface area (Å²) in [5.74, 6) is 0.513. The summed E-state index contributed by atoms with van der Waals surface area (Å²) in [6.07, 6.45) is 6.91. The van der Waals surface area contributed by atoms with Gasteiger partial charge in [-0.15, -0.1) is 0 Å². The molecule has 0 aromatic rings. The molecule has 0 aliphatic heterocycles. The van der Waals surface area contributed by atoms with E-state index >= 15 is 0 Å². The molecule has 0 bridgehead atoms. The van der Waals surface area contributed by atoms with Gasteiger partial charge < -0.3 is 0 Å². The largest absolute Gasteiger partial charge is 0.289 e. The number of carbonyl (C=O) groups excluding carboxylic acids is 1. The molecule has 0 aliphatic rings. The second-order valence-electron chi connectivity index (χ2n) is 3.81. The van der Waals surface area contributed by atoms with Crippen LogP contribution in [0.4, 0.5) is 0 Å². The Kier molecular flexibility index (Phi) is 3.43. The van der Waals surface area contributed by atoms with Crippen molar-refractivity contribution in [2.45, 2.75) is 20.3 Å². The van der Waals surface area contributed by atoms with Crippen LogP contribution in [0.15, 0.2) is 0 Å². The molecule has 0 aliphatic carbocycles. The van der Waals surface area contributed by atoms with E-state index in [1.54, 1.807) is 0 Å². The molecule has 0 heterocycles. The highest BCUT2D eigenvalue weighted by molar-refractivity contribution is 8.43. The molecule has 62 valence electrons. The zero-order chi connectivity index (χ0) is 8.36. The molecule has 0 spiro atoms. The average Bonchev–Trinajstić information content (AvgIpc) is 1.60. The van der Waals surface area contributed by atoms with Crippen molar-refractivity contribution in [2.75, 3.05) is 18.8 Å². The van der Waals surface area contributed by atoms with E-state index in [-0.39, 0.29) is 0 Å². The first-order chi connectivity index (χ1) is 4.34. The van der Waals surface area contributed by atoms with Gasteiger partial charge in [0.15, 0.2) is 5.12 Å². The first-order valence-corrected chi connectivity index (χ1v) is 6.41. The summed E-state index contributed by atoms with van der Waals surface area (Å²) in [6.45, 7) is 4.17. The number of carbonyl (C=O) groups is 1. The number of rotatable bonds is 2. The van der Waals surface area contributed by atoms with Crippen LogP contribution < -0.4 is 0 Å². The molecule has 0 saturated carbocycles. The molecule has 0 amide bonds. The van der Waals surface area contributed by atoms with E-state index in [0.29, 0.717) is 11.0 Å². The van der Waals surface area contributed by atoms with E-state index in [1.165, 1.54) is 0 Å². The molecule has 1 nitrogen and oxygen atoms in total. The summed E-state index contributed by atoms with van der Waals surface area (Å²) in [5, 5.41) is 0.447. The van der Waals surface area contributed by atoms with Crippen LogP contribution in [0.2, 0.25) is 0 Å². The third-order valence-electron chi connectivity index (χ3n) is 1.26. The fraction of sp³-hybridized carbons (Fsp3) is 0.875. The molecule has 0 aromatic heterocycles. The molecule has 0 atom stereocenters. The first-order valence-electron chi connectivity index (χ1n) is 3.55. The summed E-state index contributed by atoms with van der Waals surface area (Å²) in [4.78, 5) is 11.3. The van der Waals surface area contributed by atoms with Gasteiger partial charge in [0.2, 0.25) is 0 Å². The molecule has 0 unspecified atom stereocenters. The summed E-state index contributed by atoms with van der Waals surface area (Å²) < 4.78 is 0. The highest BCUT2D eigenvalue weighted by Crippen LogP contribution is 2.37. The van der Waals surface area contributed by atoms with Gasteiger partial charge in [0.1, 0.15) is 0 Å². The molecular weight excluding hydrogens is 144 g/mol. The van der Waals surface area contributed by atoms with E-state index in [9.17, 15) is 4.79 Å². The topological polar surface area (TPSA) is 17.1 Å². The normalized spacial score (nSPS) is 13.8. The smallest absolute Gasteiger partial charge is 0.171 e. The second-order valence-corrected chi connectivity index (χ2v) is 7.94. The lowest BCUT2D eigenvalue weighted by Crippen LogP contribution is -2.10. The molecule has 0 radical (unpaired) electrons. The molecule has 0 saturated heterocycles. The fourth-order valence-corrected chi connectivity index (χ4v) is 1.42. The summed E-state index contributed by atoms with van der Waals surface area (Å²) in [7, 11) is -0.937. The minimum Gasteiger partial charge on any atom is -0.289 e. The van der Waals surface area contributed by atoms with E-state index in [4.69, 9.17) is 0 Å². The maximum absolute atomic E-state index is 11.3. The summed E-state index contributed by atoms with van der Waals surface area (Å²) >= 11 is 0. The predicted octanol–water partition coefficient (Wildman–Crippen LogP) is 2.25. The first kappa shape index (κ1) is 10.0. The Hall–Kier alpha value is 0.0200. The van der Waals surface area contributed by atoms with Gasteiger partial charge in [-0.25, -0.2) is 0 Å². The monoisotopic (exact) mass is 162 g/mol. The van der Waals surface area contributed by atoms with Gasteiger partial charge >= 0.3 is 0 Å². The Labute approximate surface area is 65.5 Å². The Bertz CT molecular complexity index is 122. The molecule has 0 N–H and O–H groups in total. The number of hydrogen-bond donors (Lipinski definition) is 0. The molecule has 2 heteroatoms. The fourth-order valence-electron chi connectivity index (χ4n) is 0.583. The van der Waals surface area contributed by atoms with E-state index in [1.807, 2.05) is 0 Å². The van der Waals surface area contributed by atoms with Crippen LogP contribution in [-0.2, 0) is 4.79 Å². The van der Waals surface area contributed by atoms with Gasteiger partial charge in [-0.05, 0) is 24.7 Å². The zero-order valence-electron chi connectivity index (χ0n) is 7.60. The number of hydrogen-bond acceptors (Lipinski definition) is 1. The molecule has 0 fully saturated rings. The third kappa shape index (κ3) is 3.94. The van der Waals surface area contributed by atoms with Crippen molar-refractivity contribution in [3.8, 4) is 0 Å². The average molecular weight is 162 g/mol. The van der Waals surface area contributed by atoms with Gasteiger partial charge in [-0.2, -0.15) is 10.0 Å². The van der Waals surface area contributed by atoms with Gasteiger partial charge in [-0.3, -0.25) is 4.79 Å². The van der Waals surface area contributed by atoms with Crippen molar-refractivity contribution < 1.29 is 4.79 Å². The predicted molar refractivity (Wildman–Crippen MR) is 49.8 cm³/mol. The SMILES string of the molecule is CC(C)CC(=O)S(C)(C)C. The van der Waals surface area contributed by atoms with Gasteiger partial charge in [-0.1, -0.05) is 13.8 Å². The van der Waals surface area contributed by atoms with Gasteiger partial charge in [0.05, 0.1) is 0 Å². The Balaban J connectivity index is 3.87. The zero-order valence-corrected chi connectivity index (χ0v) is 8.42. The molecule has 0 rings (SSSR count). The van der Waals surface area contributed by atoms with Crippen LogP contribution in [0, 0.1) is 5.92 Å². The molecule has 10 heavy (non-hydrogen) atoms. The van der Waals surface area contributed by atoms with E-state index in [2.05, 4.69) is 32.6 Å². The Morgan fingerprint density at radius 3 is 1.80 bits per heavy atom. The third-order valence-corrected chi connectivity index (χ3v) is 2.79. The van der Waals surface area contributed by atoms with E-state index in [0.717, 1.165) is 6.42 Å². The van der Waals surface area contributed by atoms with Crippen molar-refractivity contribution in [3.05, 3.63) is 0 Å². The van der Waals surface area contributed by atoms with Crippen molar-refractivity contribution in [1.82, 2.24) is 0 Å². The Morgan fingerprint density at radius 1 is 1.30 bits per heavy atom. The maximum Gasteiger partial charge on any atom is 0.171 e. The van der Waals surface area contributed by atoms with Crippen molar-refractivity contribution >= 4 is 15.1 Å². The minimum atomic E-state index is -0.937. The highest BCUT2D eigenvalue weighted by Gasteiger charge is 2.16. The van der Waals surface area contributed by atoms with Crippen LogP contribution in [-0.4, -0.2) is 23.9 Å². The lowest BCUT2D eigenvalue weighted by atomic mass is 10.2. The van der Waals surface area contributed by atoms with Gasteiger partial charge in [0, 0.05) is 6.42 Å². The van der Waals surface area contributed by atoms with Crippen LogP contribution in [0.3, 0.4) is 0 Å². The van der Waals surface area contributed by atoms with Gasteiger partial charge in [0.25, 0.3) is 0 Å². The second kappa shape index (κ2) is 3.42. The lowest BCUT2D eigenvalue weighted by molar-refractivity contribution is -0.111. The van der Waals surface area contributed by atoms with Crippen molar-refractivity contribution in [3.63, 3.8) is 0 Å². The van der Waals surface area contributed by atoms with Crippen molar-refractivity contribution in [2.24, 2.45) is 5.92 Å². The lowest BCUT2D eigenvalue weighted by Gasteiger charge is -2.23. The van der Waals surface area contributed by atoms with Crippen LogP contribution in [0.5, 0.6) is 0 Å². The standard InChI is InChI=1S/C8H18OS/c1-7(2)6-8(9)10(3,4)5/h7H,6H2,1-5H3. The van der Waals surface area contributed by atoms with Crippen molar-refractivity contribution in [1.29, 1.82) is 0 Å². The summed E-state index contributed by atoms with van der Waals surface area (Å²) in [6, 6.07) is 0. The molecule has 0 aromatic carbocycles. The minimum absolute atomic E-state index is 0.447. The van der Waals surface area contributed by atoms with Crippen LogP contribution in [0.25, 0.3) is 0 Å². The van der Waals surface area contributed by atoms with E-state index < -0.39 is 10.0 Å². The summed E-state index contributed by atoms with van der Waals surface area (Å²) in [5.41, 5.74) is 0. The highest BCUT2D eigenvalue weighted by atomic mass is 32.3. The Morgan fingerprint density at radius 2 is 1.70 bits per heavy atom. The van der Waals surface area contributed by atoms with Crippen LogP contribution >= 0.6 is 10.0 Å². The maximum atomic E-state index is 11.3. The molecular formula is C8H18OS. The van der Waals surface area contributed by atoms with Crippen LogP contribution in [0.1, 0.15) is 20.3 Å².